The first-order chi connectivity index (χ1) is 15.3. The van der Waals surface area contributed by atoms with E-state index in [4.69, 9.17) is 11.6 Å². The van der Waals surface area contributed by atoms with Crippen LogP contribution in [0.4, 0.5) is 5.69 Å². The predicted octanol–water partition coefficient (Wildman–Crippen LogP) is 4.23. The highest BCUT2D eigenvalue weighted by atomic mass is 35.5. The predicted molar refractivity (Wildman–Crippen MR) is 116 cm³/mol. The monoisotopic (exact) mass is 455 g/mol. The van der Waals surface area contributed by atoms with Crippen LogP contribution in [-0.4, -0.2) is 32.7 Å². The molecular weight excluding hydrogens is 434 g/mol. The molecule has 166 valence electrons. The van der Waals surface area contributed by atoms with Gasteiger partial charge >= 0.3 is 0 Å². The number of carbonyl (C=O) groups is 3. The summed E-state index contributed by atoms with van der Waals surface area (Å²) in [5.74, 6) is -2.34. The fourth-order valence-corrected chi connectivity index (χ4v) is 4.78. The molecule has 0 N–H and O–H groups in total. The fraction of sp³-hybridized carbons (Fsp3) is 0.348. The second-order valence-corrected chi connectivity index (χ2v) is 8.76. The van der Waals surface area contributed by atoms with E-state index < -0.39 is 40.2 Å². The van der Waals surface area contributed by atoms with E-state index in [1.54, 1.807) is 24.3 Å². The van der Waals surface area contributed by atoms with E-state index in [9.17, 15) is 24.5 Å². The molecule has 0 unspecified atom stereocenters. The van der Waals surface area contributed by atoms with Crippen molar-refractivity contribution >= 4 is 35.0 Å². The first-order valence-electron chi connectivity index (χ1n) is 10.5. The van der Waals surface area contributed by atoms with Gasteiger partial charge in [-0.3, -0.25) is 24.5 Å². The minimum Gasteiger partial charge on any atom is -0.272 e. The lowest BCUT2D eigenvalue weighted by Crippen LogP contribution is -2.50. The second-order valence-electron chi connectivity index (χ2n) is 8.35. The van der Waals surface area contributed by atoms with Crippen molar-refractivity contribution in [3.05, 3.63) is 74.8 Å². The van der Waals surface area contributed by atoms with Crippen molar-refractivity contribution in [1.82, 2.24) is 10.0 Å². The van der Waals surface area contributed by atoms with Gasteiger partial charge in [0.05, 0.1) is 23.3 Å². The van der Waals surface area contributed by atoms with Crippen molar-refractivity contribution in [3.8, 4) is 0 Å². The summed E-state index contributed by atoms with van der Waals surface area (Å²) in [4.78, 5) is 51.0. The first-order valence-corrected chi connectivity index (χ1v) is 10.8. The molecule has 1 saturated carbocycles. The Labute approximate surface area is 189 Å². The zero-order valence-corrected chi connectivity index (χ0v) is 18.2. The number of carbonyl (C=O) groups excluding carboxylic acids is 3. The number of nitrogens with zero attached hydrogens (tertiary/aromatic N) is 3. The Morgan fingerprint density at radius 2 is 1.75 bits per heavy atom. The molecule has 2 aliphatic rings. The Hall–Kier alpha value is -3.26. The number of hydrogen-bond donors (Lipinski definition) is 0. The van der Waals surface area contributed by atoms with Crippen molar-refractivity contribution in [2.75, 3.05) is 0 Å². The van der Waals surface area contributed by atoms with Crippen molar-refractivity contribution in [3.63, 3.8) is 0 Å². The van der Waals surface area contributed by atoms with Gasteiger partial charge < -0.3 is 0 Å². The maximum atomic E-state index is 13.6. The molecule has 2 aromatic carbocycles. The minimum absolute atomic E-state index is 0.170. The molecule has 32 heavy (non-hydrogen) atoms. The summed E-state index contributed by atoms with van der Waals surface area (Å²) < 4.78 is 0. The van der Waals surface area contributed by atoms with Crippen LogP contribution in [0.15, 0.2) is 48.5 Å². The van der Waals surface area contributed by atoms with Gasteiger partial charge in [-0.15, -0.1) is 0 Å². The summed E-state index contributed by atoms with van der Waals surface area (Å²) in [7, 11) is 0. The van der Waals surface area contributed by atoms with Crippen LogP contribution in [0.25, 0.3) is 0 Å². The van der Waals surface area contributed by atoms with Crippen LogP contribution in [-0.2, 0) is 16.1 Å². The summed E-state index contributed by atoms with van der Waals surface area (Å²) in [6.07, 6.45) is 1.98. The van der Waals surface area contributed by atoms with E-state index >= 15 is 0 Å². The van der Waals surface area contributed by atoms with Gasteiger partial charge in [-0.25, -0.2) is 5.01 Å². The minimum atomic E-state index is -0.800. The number of fused-ring (bicyclic) bond motifs is 1. The molecule has 1 heterocycles. The van der Waals surface area contributed by atoms with Crippen molar-refractivity contribution in [1.29, 1.82) is 0 Å². The number of halogens is 1. The normalized spacial score (nSPS) is 22.6. The number of hydrazine groups is 1. The molecule has 0 bridgehead atoms. The molecule has 2 aromatic rings. The average Bonchev–Trinajstić information content (AvgIpc) is 3.02. The highest BCUT2D eigenvalue weighted by Gasteiger charge is 2.52. The van der Waals surface area contributed by atoms with Crippen molar-refractivity contribution in [2.24, 2.45) is 17.8 Å². The lowest BCUT2D eigenvalue weighted by Gasteiger charge is -2.30. The molecule has 9 heteroatoms. The highest BCUT2D eigenvalue weighted by molar-refractivity contribution is 6.31. The standard InChI is InChI=1S/C23H22ClN3O5/c1-14-10-11-16-18(12-14)23(30)26(22(16)29)25(13-15-6-2-4-8-19(15)24)21(28)17-7-3-5-9-20(17)27(31)32/h2-9,14,16,18H,10-13H2,1H3/t14-,16+,18+/m1/s1. The van der Waals surface area contributed by atoms with Gasteiger partial charge in [-0.2, -0.15) is 5.01 Å². The number of amides is 3. The zero-order valence-electron chi connectivity index (χ0n) is 17.4. The first kappa shape index (κ1) is 22.0. The Morgan fingerprint density at radius 3 is 2.47 bits per heavy atom. The molecule has 2 fully saturated rings. The zero-order chi connectivity index (χ0) is 23.0. The number of benzene rings is 2. The summed E-state index contributed by atoms with van der Waals surface area (Å²) in [5.41, 5.74) is -0.0786. The van der Waals surface area contributed by atoms with Gasteiger partial charge in [0.2, 0.25) is 0 Å². The Morgan fingerprint density at radius 1 is 1.09 bits per heavy atom. The summed E-state index contributed by atoms with van der Waals surface area (Å²) in [5, 5.41) is 13.8. The number of nitro benzene ring substituents is 1. The van der Waals surface area contributed by atoms with Crippen LogP contribution >= 0.6 is 11.6 Å². The number of imide groups is 1. The number of rotatable bonds is 5. The smallest absolute Gasteiger partial charge is 0.272 e. The van der Waals surface area contributed by atoms with E-state index in [0.717, 1.165) is 16.4 Å². The van der Waals surface area contributed by atoms with Crippen LogP contribution < -0.4 is 0 Å². The summed E-state index contributed by atoms with van der Waals surface area (Å²) in [6, 6.07) is 12.3. The molecule has 1 saturated heterocycles. The van der Waals surface area contributed by atoms with Crippen LogP contribution in [0.1, 0.15) is 42.1 Å². The molecule has 8 nitrogen and oxygen atoms in total. The SMILES string of the molecule is C[C@@H]1CC[C@@H]2C(=O)N(N(Cc3ccccc3Cl)C(=O)c3ccccc3[N+](=O)[O-])C(=O)[C@H]2C1. The van der Waals surface area contributed by atoms with Gasteiger partial charge in [0.25, 0.3) is 23.4 Å². The number of hydrogen-bond acceptors (Lipinski definition) is 5. The molecule has 1 aliphatic carbocycles. The maximum absolute atomic E-state index is 13.6. The largest absolute Gasteiger partial charge is 0.282 e. The Kier molecular flexibility index (Phi) is 5.97. The highest BCUT2D eigenvalue weighted by Crippen LogP contribution is 2.41. The molecular formula is C23H22ClN3O5. The third-order valence-corrected chi connectivity index (χ3v) is 6.62. The van der Waals surface area contributed by atoms with Gasteiger partial charge in [0, 0.05) is 11.1 Å². The fourth-order valence-electron chi connectivity index (χ4n) is 4.58. The average molecular weight is 456 g/mol. The Balaban J connectivity index is 1.78. The third kappa shape index (κ3) is 3.86. The van der Waals surface area contributed by atoms with E-state index in [1.165, 1.54) is 24.3 Å². The van der Waals surface area contributed by atoms with Gasteiger partial charge in [-0.1, -0.05) is 48.9 Å². The summed E-state index contributed by atoms with van der Waals surface area (Å²) in [6.45, 7) is 1.87. The van der Waals surface area contributed by atoms with Crippen LogP contribution in [0, 0.1) is 27.9 Å². The quantitative estimate of drug-likeness (QED) is 0.381. The molecule has 0 spiro atoms. The van der Waals surface area contributed by atoms with Gasteiger partial charge in [-0.05, 0) is 42.9 Å². The molecule has 4 rings (SSSR count). The Bertz CT molecular complexity index is 1100. The van der Waals surface area contributed by atoms with Crippen LogP contribution in [0.5, 0.6) is 0 Å². The van der Waals surface area contributed by atoms with E-state index in [-0.39, 0.29) is 12.1 Å². The third-order valence-electron chi connectivity index (χ3n) is 6.25. The van der Waals surface area contributed by atoms with Crippen LogP contribution in [0.2, 0.25) is 5.02 Å². The maximum Gasteiger partial charge on any atom is 0.282 e. The lowest BCUT2D eigenvalue weighted by atomic mass is 9.76. The van der Waals surface area contributed by atoms with E-state index in [2.05, 4.69) is 0 Å². The topological polar surface area (TPSA) is 101 Å². The molecule has 0 radical (unpaired) electrons. The van der Waals surface area contributed by atoms with Gasteiger partial charge in [0.1, 0.15) is 5.56 Å². The van der Waals surface area contributed by atoms with Crippen molar-refractivity contribution in [2.45, 2.75) is 32.7 Å². The molecule has 0 aromatic heterocycles. The number of para-hydroxylation sites is 1. The molecule has 3 atom stereocenters. The van der Waals surface area contributed by atoms with Crippen LogP contribution in [0.3, 0.4) is 0 Å². The number of nitro groups is 1. The van der Waals surface area contributed by atoms with E-state index in [0.29, 0.717) is 29.3 Å². The van der Waals surface area contributed by atoms with Gasteiger partial charge in [0.15, 0.2) is 0 Å². The second kappa shape index (κ2) is 8.70. The molecule has 3 amide bonds. The molecule has 1 aliphatic heterocycles. The van der Waals surface area contributed by atoms with Crippen molar-refractivity contribution < 1.29 is 19.3 Å². The van der Waals surface area contributed by atoms with E-state index in [1.807, 2.05) is 6.92 Å². The lowest BCUT2D eigenvalue weighted by molar-refractivity contribution is -0.385. The summed E-state index contributed by atoms with van der Waals surface area (Å²) >= 11 is 6.29.